The van der Waals surface area contributed by atoms with Crippen LogP contribution in [0.3, 0.4) is 0 Å². The third-order valence-electron chi connectivity index (χ3n) is 1.54. The van der Waals surface area contributed by atoms with Gasteiger partial charge < -0.3 is 0 Å². The normalized spacial score (nSPS) is 10.0. The first-order chi connectivity index (χ1) is 5.36. The second-order valence-corrected chi connectivity index (χ2v) is 4.25. The zero-order valence-corrected chi connectivity index (χ0v) is 9.48. The van der Waals surface area contributed by atoms with Crippen LogP contribution in [0.25, 0.3) is 0 Å². The fourth-order valence-corrected chi connectivity index (χ4v) is 1.93. The lowest BCUT2D eigenvalue weighted by Gasteiger charge is -1.98. The average molecular weight is 278 g/mol. The molecule has 1 aromatic carbocycles. The summed E-state index contributed by atoms with van der Waals surface area (Å²) in [5.41, 5.74) is 1.44. The maximum atomic E-state index is 2.40. The molecule has 0 aliphatic carbocycles. The van der Waals surface area contributed by atoms with Gasteiger partial charge in [0, 0.05) is 9.32 Å². The molecular formula is C9H11IS. The van der Waals surface area contributed by atoms with E-state index in [0.717, 1.165) is 0 Å². The van der Waals surface area contributed by atoms with Crippen LogP contribution in [0.4, 0.5) is 0 Å². The molecule has 2 heteroatoms. The molecule has 0 saturated carbocycles. The van der Waals surface area contributed by atoms with E-state index in [4.69, 9.17) is 0 Å². The Labute approximate surface area is 85.9 Å². The van der Waals surface area contributed by atoms with Crippen LogP contribution in [0.5, 0.6) is 0 Å². The van der Waals surface area contributed by atoms with E-state index < -0.39 is 0 Å². The van der Waals surface area contributed by atoms with Gasteiger partial charge in [-0.1, -0.05) is 34.7 Å². The van der Waals surface area contributed by atoms with E-state index in [2.05, 4.69) is 53.1 Å². The summed E-state index contributed by atoms with van der Waals surface area (Å²) in [7, 11) is 0. The van der Waals surface area contributed by atoms with Crippen molar-refractivity contribution < 1.29 is 0 Å². The first kappa shape index (κ1) is 9.39. The maximum absolute atomic E-state index is 2.40. The zero-order chi connectivity index (χ0) is 8.10. The summed E-state index contributed by atoms with van der Waals surface area (Å²) in [4.78, 5) is 1.35. The second-order valence-electron chi connectivity index (χ2n) is 2.29. The van der Waals surface area contributed by atoms with Gasteiger partial charge in [-0.15, -0.1) is 11.8 Å². The molecule has 11 heavy (non-hydrogen) atoms. The Kier molecular flexibility index (Phi) is 4.30. The van der Waals surface area contributed by atoms with E-state index in [0.29, 0.717) is 0 Å². The van der Waals surface area contributed by atoms with E-state index in [1.807, 2.05) is 0 Å². The van der Waals surface area contributed by atoms with E-state index >= 15 is 0 Å². The first-order valence-corrected chi connectivity index (χ1v) is 6.30. The molecule has 1 aromatic rings. The van der Waals surface area contributed by atoms with Gasteiger partial charge in [-0.05, 0) is 30.4 Å². The molecule has 0 fully saturated rings. The molecule has 0 aliphatic heterocycles. The SMILES string of the molecule is CSc1ccc(CCI)cc1. The minimum Gasteiger partial charge on any atom is -0.130 e. The molecule has 0 spiro atoms. The highest BCUT2D eigenvalue weighted by Gasteiger charge is 1.91. The molecule has 0 heterocycles. The lowest BCUT2D eigenvalue weighted by atomic mass is 10.2. The van der Waals surface area contributed by atoms with Gasteiger partial charge >= 0.3 is 0 Å². The quantitative estimate of drug-likeness (QED) is 0.464. The van der Waals surface area contributed by atoms with Crippen molar-refractivity contribution in [3.63, 3.8) is 0 Å². The zero-order valence-electron chi connectivity index (χ0n) is 6.51. The fraction of sp³-hybridized carbons (Fsp3) is 0.333. The molecule has 0 unspecified atom stereocenters. The van der Waals surface area contributed by atoms with Crippen molar-refractivity contribution in [3.8, 4) is 0 Å². The summed E-state index contributed by atoms with van der Waals surface area (Å²) in [5.74, 6) is 0. The first-order valence-electron chi connectivity index (χ1n) is 3.55. The number of aryl methyl sites for hydroxylation is 1. The van der Waals surface area contributed by atoms with Crippen LogP contribution in [0.1, 0.15) is 5.56 Å². The molecule has 0 saturated heterocycles. The number of hydrogen-bond acceptors (Lipinski definition) is 1. The molecule has 0 amide bonds. The van der Waals surface area contributed by atoms with Gasteiger partial charge in [-0.3, -0.25) is 0 Å². The van der Waals surface area contributed by atoms with E-state index in [9.17, 15) is 0 Å². The number of halogens is 1. The minimum atomic E-state index is 1.19. The van der Waals surface area contributed by atoms with Crippen LogP contribution in [-0.4, -0.2) is 10.7 Å². The Balaban J connectivity index is 2.66. The average Bonchev–Trinajstić information content (AvgIpc) is 2.07. The van der Waals surface area contributed by atoms with E-state index in [1.54, 1.807) is 11.8 Å². The molecule has 1 rings (SSSR count). The van der Waals surface area contributed by atoms with Crippen molar-refractivity contribution in [2.24, 2.45) is 0 Å². The van der Waals surface area contributed by atoms with Gasteiger partial charge in [-0.2, -0.15) is 0 Å². The highest BCUT2D eigenvalue weighted by atomic mass is 127. The van der Waals surface area contributed by atoms with Crippen LogP contribution in [0.2, 0.25) is 0 Å². The summed E-state index contributed by atoms with van der Waals surface area (Å²) in [5, 5.41) is 0. The molecule has 0 bridgehead atoms. The van der Waals surface area contributed by atoms with Crippen molar-refractivity contribution in [2.75, 3.05) is 10.7 Å². The summed E-state index contributed by atoms with van der Waals surface area (Å²) in [6, 6.07) is 8.80. The molecule has 0 N–H and O–H groups in total. The van der Waals surface area contributed by atoms with E-state index in [1.165, 1.54) is 21.3 Å². The topological polar surface area (TPSA) is 0 Å². The Bertz CT molecular complexity index is 205. The maximum Gasteiger partial charge on any atom is 0.00693 e. The van der Waals surface area contributed by atoms with Gasteiger partial charge in [0.05, 0.1) is 0 Å². The van der Waals surface area contributed by atoms with Crippen LogP contribution >= 0.6 is 34.4 Å². The van der Waals surface area contributed by atoms with Gasteiger partial charge in [0.2, 0.25) is 0 Å². The van der Waals surface area contributed by atoms with Crippen LogP contribution < -0.4 is 0 Å². The number of thioether (sulfide) groups is 1. The molecule has 0 radical (unpaired) electrons. The van der Waals surface area contributed by atoms with E-state index in [-0.39, 0.29) is 0 Å². The van der Waals surface area contributed by atoms with Crippen molar-refractivity contribution in [2.45, 2.75) is 11.3 Å². The summed E-state index contributed by atoms with van der Waals surface area (Å²) >= 11 is 4.20. The minimum absolute atomic E-state index is 1.19. The van der Waals surface area contributed by atoms with Crippen molar-refractivity contribution in [1.82, 2.24) is 0 Å². The third kappa shape index (κ3) is 3.03. The van der Waals surface area contributed by atoms with Crippen molar-refractivity contribution in [3.05, 3.63) is 29.8 Å². The van der Waals surface area contributed by atoms with Crippen molar-refractivity contribution in [1.29, 1.82) is 0 Å². The van der Waals surface area contributed by atoms with Crippen molar-refractivity contribution >= 4 is 34.4 Å². The molecule has 60 valence electrons. The highest BCUT2D eigenvalue weighted by Crippen LogP contribution is 2.15. The van der Waals surface area contributed by atoms with Crippen LogP contribution in [0.15, 0.2) is 29.2 Å². The largest absolute Gasteiger partial charge is 0.130 e. The summed E-state index contributed by atoms with van der Waals surface area (Å²) in [6.07, 6.45) is 3.29. The number of benzene rings is 1. The molecule has 0 aliphatic rings. The number of hydrogen-bond donors (Lipinski definition) is 0. The van der Waals surface area contributed by atoms with Gasteiger partial charge in [-0.25, -0.2) is 0 Å². The Morgan fingerprint density at radius 1 is 1.27 bits per heavy atom. The third-order valence-corrected chi connectivity index (χ3v) is 2.83. The summed E-state index contributed by atoms with van der Waals surface area (Å²) in [6.45, 7) is 0. The predicted molar refractivity (Wildman–Crippen MR) is 60.8 cm³/mol. The monoisotopic (exact) mass is 278 g/mol. The molecule has 0 nitrogen and oxygen atoms in total. The van der Waals surface area contributed by atoms with Crippen LogP contribution in [-0.2, 0) is 6.42 Å². The second kappa shape index (κ2) is 5.04. The molecular weight excluding hydrogens is 267 g/mol. The van der Waals surface area contributed by atoms with Gasteiger partial charge in [0.25, 0.3) is 0 Å². The van der Waals surface area contributed by atoms with Gasteiger partial charge in [0.15, 0.2) is 0 Å². The Morgan fingerprint density at radius 3 is 2.36 bits per heavy atom. The summed E-state index contributed by atoms with van der Waals surface area (Å²) < 4.78 is 1.20. The van der Waals surface area contributed by atoms with Crippen LogP contribution in [0, 0.1) is 0 Å². The Hall–Kier alpha value is 0.300. The number of alkyl halides is 1. The molecule has 0 aromatic heterocycles. The lowest BCUT2D eigenvalue weighted by molar-refractivity contribution is 1.17. The lowest BCUT2D eigenvalue weighted by Crippen LogP contribution is -1.83. The smallest absolute Gasteiger partial charge is 0.00693 e. The standard InChI is InChI=1S/C9H11IS/c1-11-9-4-2-8(3-5-9)6-7-10/h2-5H,6-7H2,1H3. The number of rotatable bonds is 3. The predicted octanol–water partition coefficient (Wildman–Crippen LogP) is 3.39. The van der Waals surface area contributed by atoms with Gasteiger partial charge in [0.1, 0.15) is 0 Å². The molecule has 0 atom stereocenters. The highest BCUT2D eigenvalue weighted by molar-refractivity contribution is 14.1. The Morgan fingerprint density at radius 2 is 1.91 bits per heavy atom. The fourth-order valence-electron chi connectivity index (χ4n) is 0.901.